The Bertz CT molecular complexity index is 614. The lowest BCUT2D eigenvalue weighted by Crippen LogP contribution is -2.41. The van der Waals surface area contributed by atoms with Crippen LogP contribution in [0.5, 0.6) is 0 Å². The summed E-state index contributed by atoms with van der Waals surface area (Å²) in [5.74, 6) is -1.68. The zero-order valence-corrected chi connectivity index (χ0v) is 11.8. The molecule has 0 aliphatic rings. The van der Waals surface area contributed by atoms with E-state index in [1.807, 2.05) is 43.3 Å². The first-order chi connectivity index (χ1) is 10.1. The maximum atomic E-state index is 12.1. The summed E-state index contributed by atoms with van der Waals surface area (Å²) in [7, 11) is 0. The molecule has 0 saturated carbocycles. The minimum atomic E-state index is -0.964. The van der Waals surface area contributed by atoms with Gasteiger partial charge in [0.1, 0.15) is 0 Å². The molecule has 2 amide bonds. The number of primary amides is 1. The first kappa shape index (κ1) is 14.7. The van der Waals surface area contributed by atoms with Gasteiger partial charge in [-0.2, -0.15) is 0 Å². The minimum absolute atomic E-state index is 0.235. The summed E-state index contributed by atoms with van der Waals surface area (Å²) in [4.78, 5) is 29.0. The third-order valence-electron chi connectivity index (χ3n) is 3.28. The summed E-state index contributed by atoms with van der Waals surface area (Å²) in [6.07, 6.45) is 1.65. The molecule has 0 spiro atoms. The van der Waals surface area contributed by atoms with E-state index in [9.17, 15) is 9.59 Å². The van der Waals surface area contributed by atoms with Gasteiger partial charge < -0.3 is 10.6 Å². The van der Waals surface area contributed by atoms with Crippen molar-refractivity contribution in [3.05, 3.63) is 66.0 Å². The van der Waals surface area contributed by atoms with E-state index in [1.165, 1.54) is 4.90 Å². The van der Waals surface area contributed by atoms with Crippen molar-refractivity contribution in [1.29, 1.82) is 0 Å². The fourth-order valence-corrected chi connectivity index (χ4v) is 2.10. The van der Waals surface area contributed by atoms with Crippen molar-refractivity contribution >= 4 is 11.8 Å². The topological polar surface area (TPSA) is 76.3 Å². The van der Waals surface area contributed by atoms with Crippen molar-refractivity contribution < 1.29 is 9.59 Å². The van der Waals surface area contributed by atoms with Crippen LogP contribution in [0, 0.1) is 0 Å². The van der Waals surface area contributed by atoms with Gasteiger partial charge in [-0.05, 0) is 24.6 Å². The molecule has 2 N–H and O–H groups in total. The highest BCUT2D eigenvalue weighted by Gasteiger charge is 2.25. The van der Waals surface area contributed by atoms with E-state index < -0.39 is 11.8 Å². The van der Waals surface area contributed by atoms with Crippen LogP contribution in [0.25, 0.3) is 0 Å². The number of hydrogen-bond acceptors (Lipinski definition) is 3. The Kier molecular flexibility index (Phi) is 4.66. The number of aromatic nitrogens is 1. The first-order valence-electron chi connectivity index (χ1n) is 6.65. The van der Waals surface area contributed by atoms with E-state index in [-0.39, 0.29) is 12.6 Å². The summed E-state index contributed by atoms with van der Waals surface area (Å²) < 4.78 is 0. The molecule has 1 atom stereocenters. The summed E-state index contributed by atoms with van der Waals surface area (Å²) in [5, 5.41) is 0. The second-order valence-corrected chi connectivity index (χ2v) is 4.71. The molecule has 2 rings (SSSR count). The number of carbonyl (C=O) groups is 2. The predicted molar refractivity (Wildman–Crippen MR) is 78.8 cm³/mol. The molecule has 0 aliphatic heterocycles. The average molecular weight is 283 g/mol. The van der Waals surface area contributed by atoms with E-state index in [0.717, 1.165) is 5.56 Å². The van der Waals surface area contributed by atoms with Gasteiger partial charge in [-0.1, -0.05) is 36.4 Å². The maximum Gasteiger partial charge on any atom is 0.312 e. The molecule has 108 valence electrons. The van der Waals surface area contributed by atoms with Gasteiger partial charge in [0.2, 0.25) is 0 Å². The van der Waals surface area contributed by atoms with E-state index >= 15 is 0 Å². The Hall–Kier alpha value is -2.69. The molecule has 2 aromatic rings. The average Bonchev–Trinajstić information content (AvgIpc) is 2.53. The van der Waals surface area contributed by atoms with E-state index in [4.69, 9.17) is 5.73 Å². The number of rotatable bonds is 4. The fraction of sp³-hybridized carbons (Fsp3) is 0.188. The molecule has 0 saturated heterocycles. The largest absolute Gasteiger partial charge is 0.361 e. The second-order valence-electron chi connectivity index (χ2n) is 4.71. The third-order valence-corrected chi connectivity index (χ3v) is 3.28. The lowest BCUT2D eigenvalue weighted by atomic mass is 10.1. The van der Waals surface area contributed by atoms with Crippen molar-refractivity contribution in [1.82, 2.24) is 9.88 Å². The molecule has 1 aromatic heterocycles. The summed E-state index contributed by atoms with van der Waals surface area (Å²) in [6.45, 7) is 2.10. The molecular weight excluding hydrogens is 266 g/mol. The van der Waals surface area contributed by atoms with Crippen LogP contribution in [-0.4, -0.2) is 21.7 Å². The first-order valence-corrected chi connectivity index (χ1v) is 6.65. The summed E-state index contributed by atoms with van der Waals surface area (Å²) in [6, 6.07) is 14.7. The van der Waals surface area contributed by atoms with Gasteiger partial charge in [0.15, 0.2) is 0 Å². The van der Waals surface area contributed by atoms with Gasteiger partial charge in [-0.3, -0.25) is 14.6 Å². The molecule has 1 aromatic carbocycles. The molecule has 5 nitrogen and oxygen atoms in total. The van der Waals surface area contributed by atoms with Crippen LogP contribution in [0.3, 0.4) is 0 Å². The molecule has 0 bridgehead atoms. The smallest absolute Gasteiger partial charge is 0.312 e. The Labute approximate surface area is 123 Å². The summed E-state index contributed by atoms with van der Waals surface area (Å²) >= 11 is 0. The monoisotopic (exact) mass is 283 g/mol. The molecule has 1 heterocycles. The number of hydrogen-bond donors (Lipinski definition) is 1. The maximum absolute atomic E-state index is 12.1. The van der Waals surface area contributed by atoms with Crippen LogP contribution in [0.4, 0.5) is 0 Å². The number of nitrogens with two attached hydrogens (primary N) is 1. The number of benzene rings is 1. The van der Waals surface area contributed by atoms with Crippen molar-refractivity contribution in [2.24, 2.45) is 5.73 Å². The van der Waals surface area contributed by atoms with Crippen molar-refractivity contribution in [2.75, 3.05) is 0 Å². The number of carbonyl (C=O) groups excluding carboxylic acids is 2. The normalized spacial score (nSPS) is 11.7. The molecule has 5 heteroatoms. The van der Waals surface area contributed by atoms with Gasteiger partial charge in [0, 0.05) is 6.20 Å². The molecule has 21 heavy (non-hydrogen) atoms. The van der Waals surface area contributed by atoms with Gasteiger partial charge in [-0.15, -0.1) is 0 Å². The number of pyridine rings is 1. The molecule has 0 aliphatic carbocycles. The molecule has 0 radical (unpaired) electrons. The van der Waals surface area contributed by atoms with Crippen LogP contribution >= 0.6 is 0 Å². The van der Waals surface area contributed by atoms with E-state index in [1.54, 1.807) is 18.3 Å². The lowest BCUT2D eigenvalue weighted by molar-refractivity contribution is -0.146. The lowest BCUT2D eigenvalue weighted by Gasteiger charge is -2.28. The minimum Gasteiger partial charge on any atom is -0.361 e. The quantitative estimate of drug-likeness (QED) is 0.867. The zero-order valence-electron chi connectivity index (χ0n) is 11.8. The number of amides is 2. The highest BCUT2D eigenvalue weighted by molar-refractivity contribution is 6.34. The fourth-order valence-electron chi connectivity index (χ4n) is 2.10. The van der Waals surface area contributed by atoms with Crippen molar-refractivity contribution in [3.8, 4) is 0 Å². The van der Waals surface area contributed by atoms with Crippen LogP contribution in [0.1, 0.15) is 24.2 Å². The van der Waals surface area contributed by atoms with Gasteiger partial charge in [0.25, 0.3) is 0 Å². The standard InChI is InChI=1S/C16H17N3O2/c1-12(13-7-3-2-4-8-13)19(16(21)15(17)20)11-14-9-5-6-10-18-14/h2-10,12H,11H2,1H3,(H2,17,20). The van der Waals surface area contributed by atoms with E-state index in [2.05, 4.69) is 4.98 Å². The van der Waals surface area contributed by atoms with Gasteiger partial charge >= 0.3 is 11.8 Å². The molecule has 0 fully saturated rings. The SMILES string of the molecule is CC(c1ccccc1)N(Cc1ccccn1)C(=O)C(N)=O. The highest BCUT2D eigenvalue weighted by atomic mass is 16.2. The Morgan fingerprint density at radius 1 is 1.14 bits per heavy atom. The Balaban J connectivity index is 2.28. The molecular formula is C16H17N3O2. The Morgan fingerprint density at radius 3 is 2.38 bits per heavy atom. The third kappa shape index (κ3) is 3.66. The van der Waals surface area contributed by atoms with Crippen LogP contribution < -0.4 is 5.73 Å². The van der Waals surface area contributed by atoms with Gasteiger partial charge in [0.05, 0.1) is 18.3 Å². The Morgan fingerprint density at radius 2 is 1.81 bits per heavy atom. The highest BCUT2D eigenvalue weighted by Crippen LogP contribution is 2.21. The van der Waals surface area contributed by atoms with Crippen molar-refractivity contribution in [2.45, 2.75) is 19.5 Å². The van der Waals surface area contributed by atoms with E-state index in [0.29, 0.717) is 5.69 Å². The zero-order chi connectivity index (χ0) is 15.2. The molecule has 1 unspecified atom stereocenters. The van der Waals surface area contributed by atoms with Crippen LogP contribution in [0.2, 0.25) is 0 Å². The van der Waals surface area contributed by atoms with Gasteiger partial charge in [-0.25, -0.2) is 0 Å². The van der Waals surface area contributed by atoms with Crippen molar-refractivity contribution in [3.63, 3.8) is 0 Å². The predicted octanol–water partition coefficient (Wildman–Crippen LogP) is 1.66. The number of nitrogens with zero attached hydrogens (tertiary/aromatic N) is 2. The second kappa shape index (κ2) is 6.65. The summed E-state index contributed by atoms with van der Waals surface area (Å²) in [5.41, 5.74) is 6.79. The van der Waals surface area contributed by atoms with Crippen LogP contribution in [0.15, 0.2) is 54.7 Å². The van der Waals surface area contributed by atoms with Crippen LogP contribution in [-0.2, 0) is 16.1 Å².